The monoisotopic (exact) mass is 258 g/mol. The van der Waals surface area contributed by atoms with Crippen LogP contribution in [0, 0.1) is 0 Å². The van der Waals surface area contributed by atoms with Gasteiger partial charge in [-0.15, -0.1) is 0 Å². The number of halogens is 3. The van der Waals surface area contributed by atoms with Gasteiger partial charge in [-0.3, -0.25) is 4.57 Å². The number of rotatable bonds is 0. The summed E-state index contributed by atoms with van der Waals surface area (Å²) in [5.74, 6) is 0. The van der Waals surface area contributed by atoms with E-state index in [9.17, 15) is 18.0 Å². The fraction of sp³-hybridized carbons (Fsp3) is 0.417. The Morgan fingerprint density at radius 1 is 1.17 bits per heavy atom. The SMILES string of the molecule is CC(C)(C)n1c(=O)[nH]c2cc(C(F)(F)F)ccc21. The summed E-state index contributed by atoms with van der Waals surface area (Å²) in [4.78, 5) is 14.2. The summed E-state index contributed by atoms with van der Waals surface area (Å²) in [5, 5.41) is 0. The first-order valence-corrected chi connectivity index (χ1v) is 5.43. The number of aromatic nitrogens is 2. The van der Waals surface area contributed by atoms with Crippen molar-refractivity contribution in [3.8, 4) is 0 Å². The molecule has 0 aliphatic heterocycles. The predicted octanol–water partition coefficient (Wildman–Crippen LogP) is 3.10. The Kier molecular flexibility index (Phi) is 2.57. The highest BCUT2D eigenvalue weighted by Gasteiger charge is 2.31. The first kappa shape index (κ1) is 12.7. The summed E-state index contributed by atoms with van der Waals surface area (Å²) < 4.78 is 39.1. The molecule has 98 valence electrons. The van der Waals surface area contributed by atoms with Crippen molar-refractivity contribution in [3.63, 3.8) is 0 Å². The Morgan fingerprint density at radius 2 is 1.78 bits per heavy atom. The van der Waals surface area contributed by atoms with Gasteiger partial charge in [0.1, 0.15) is 0 Å². The van der Waals surface area contributed by atoms with Gasteiger partial charge in [-0.25, -0.2) is 4.79 Å². The van der Waals surface area contributed by atoms with Gasteiger partial charge in [0.2, 0.25) is 0 Å². The molecule has 0 saturated carbocycles. The second-order valence-electron chi connectivity index (χ2n) is 5.17. The molecule has 18 heavy (non-hydrogen) atoms. The average Bonchev–Trinajstić information content (AvgIpc) is 2.49. The molecular weight excluding hydrogens is 245 g/mol. The molecule has 0 atom stereocenters. The van der Waals surface area contributed by atoms with E-state index in [0.29, 0.717) is 5.52 Å². The highest BCUT2D eigenvalue weighted by molar-refractivity contribution is 5.76. The summed E-state index contributed by atoms with van der Waals surface area (Å²) in [6, 6.07) is 3.26. The van der Waals surface area contributed by atoms with E-state index in [0.717, 1.165) is 12.1 Å². The van der Waals surface area contributed by atoms with Crippen LogP contribution in [0.15, 0.2) is 23.0 Å². The minimum atomic E-state index is -4.41. The van der Waals surface area contributed by atoms with Gasteiger partial charge >= 0.3 is 11.9 Å². The van der Waals surface area contributed by atoms with Gasteiger partial charge in [0.15, 0.2) is 0 Å². The summed E-state index contributed by atoms with van der Waals surface area (Å²) in [7, 11) is 0. The first-order valence-electron chi connectivity index (χ1n) is 5.43. The van der Waals surface area contributed by atoms with Crippen molar-refractivity contribution in [3.05, 3.63) is 34.2 Å². The zero-order valence-electron chi connectivity index (χ0n) is 10.2. The molecule has 2 rings (SSSR count). The molecule has 1 heterocycles. The third-order valence-corrected chi connectivity index (χ3v) is 2.68. The molecule has 0 bridgehead atoms. The van der Waals surface area contributed by atoms with E-state index in [1.807, 2.05) is 20.8 Å². The number of imidazole rings is 1. The maximum Gasteiger partial charge on any atom is 0.416 e. The van der Waals surface area contributed by atoms with Crippen molar-refractivity contribution in [1.29, 1.82) is 0 Å². The van der Waals surface area contributed by atoms with Gasteiger partial charge in [0, 0.05) is 5.54 Å². The molecule has 2 aromatic rings. The third-order valence-electron chi connectivity index (χ3n) is 2.68. The summed E-state index contributed by atoms with van der Waals surface area (Å²) in [5.41, 5.74) is -0.992. The first-order chi connectivity index (χ1) is 8.10. The summed E-state index contributed by atoms with van der Waals surface area (Å²) in [6.45, 7) is 5.46. The van der Waals surface area contributed by atoms with Gasteiger partial charge in [-0.2, -0.15) is 13.2 Å². The van der Waals surface area contributed by atoms with E-state index in [-0.39, 0.29) is 5.52 Å². The number of nitrogens with one attached hydrogen (secondary N) is 1. The Labute approximate surface area is 101 Å². The van der Waals surface area contributed by atoms with E-state index in [2.05, 4.69) is 4.98 Å². The molecular formula is C12H13F3N2O. The minimum Gasteiger partial charge on any atom is -0.306 e. The number of fused-ring (bicyclic) bond motifs is 1. The molecule has 0 aliphatic carbocycles. The molecule has 0 spiro atoms. The van der Waals surface area contributed by atoms with Gasteiger partial charge in [0.25, 0.3) is 0 Å². The fourth-order valence-electron chi connectivity index (χ4n) is 1.95. The van der Waals surface area contributed by atoms with Gasteiger partial charge in [0.05, 0.1) is 16.6 Å². The molecule has 3 nitrogen and oxygen atoms in total. The molecule has 1 N–H and O–H groups in total. The molecule has 0 saturated heterocycles. The van der Waals surface area contributed by atoms with E-state index in [4.69, 9.17) is 0 Å². The van der Waals surface area contributed by atoms with E-state index in [1.165, 1.54) is 10.6 Å². The highest BCUT2D eigenvalue weighted by atomic mass is 19.4. The summed E-state index contributed by atoms with van der Waals surface area (Å²) >= 11 is 0. The Balaban J connectivity index is 2.74. The number of alkyl halides is 3. The van der Waals surface area contributed by atoms with Crippen molar-refractivity contribution in [2.45, 2.75) is 32.5 Å². The van der Waals surface area contributed by atoms with Crippen molar-refractivity contribution in [1.82, 2.24) is 9.55 Å². The molecule has 0 amide bonds. The standard InChI is InChI=1S/C12H13F3N2O/c1-11(2,3)17-9-5-4-7(12(13,14)15)6-8(9)16-10(17)18/h4-6H,1-3H3,(H,16,18). The van der Waals surface area contributed by atoms with Crippen LogP contribution in [-0.4, -0.2) is 9.55 Å². The predicted molar refractivity (Wildman–Crippen MR) is 62.6 cm³/mol. The quantitative estimate of drug-likeness (QED) is 0.774. The van der Waals surface area contributed by atoms with Crippen LogP contribution in [0.3, 0.4) is 0 Å². The second-order valence-corrected chi connectivity index (χ2v) is 5.17. The zero-order valence-corrected chi connectivity index (χ0v) is 10.2. The lowest BCUT2D eigenvalue weighted by Gasteiger charge is -2.20. The smallest absolute Gasteiger partial charge is 0.306 e. The fourth-order valence-corrected chi connectivity index (χ4v) is 1.95. The van der Waals surface area contributed by atoms with Crippen LogP contribution in [0.1, 0.15) is 26.3 Å². The molecule has 0 aliphatic rings. The maximum atomic E-state index is 12.6. The van der Waals surface area contributed by atoms with Crippen LogP contribution < -0.4 is 5.69 Å². The van der Waals surface area contributed by atoms with Crippen LogP contribution >= 0.6 is 0 Å². The Bertz CT molecular complexity index is 644. The van der Waals surface area contributed by atoms with Gasteiger partial charge in [-0.1, -0.05) is 0 Å². The lowest BCUT2D eigenvalue weighted by atomic mass is 10.1. The van der Waals surface area contributed by atoms with Crippen LogP contribution in [-0.2, 0) is 11.7 Å². The number of nitrogens with zero attached hydrogens (tertiary/aromatic N) is 1. The Hall–Kier alpha value is -1.72. The van der Waals surface area contributed by atoms with E-state index in [1.54, 1.807) is 0 Å². The number of hydrogen-bond donors (Lipinski definition) is 1. The lowest BCUT2D eigenvalue weighted by molar-refractivity contribution is -0.137. The van der Waals surface area contributed by atoms with Crippen LogP contribution in [0.2, 0.25) is 0 Å². The largest absolute Gasteiger partial charge is 0.416 e. The van der Waals surface area contributed by atoms with Crippen LogP contribution in [0.4, 0.5) is 13.2 Å². The number of benzene rings is 1. The van der Waals surface area contributed by atoms with Crippen molar-refractivity contribution in [2.75, 3.05) is 0 Å². The molecule has 1 aromatic carbocycles. The van der Waals surface area contributed by atoms with Crippen molar-refractivity contribution >= 4 is 11.0 Å². The molecule has 0 fully saturated rings. The van der Waals surface area contributed by atoms with Crippen molar-refractivity contribution < 1.29 is 13.2 Å². The normalized spacial score (nSPS) is 13.2. The highest BCUT2D eigenvalue weighted by Crippen LogP contribution is 2.31. The van der Waals surface area contributed by atoms with Crippen molar-refractivity contribution in [2.24, 2.45) is 0 Å². The molecule has 0 radical (unpaired) electrons. The minimum absolute atomic E-state index is 0.199. The molecule has 0 unspecified atom stereocenters. The van der Waals surface area contributed by atoms with E-state index >= 15 is 0 Å². The lowest BCUT2D eigenvalue weighted by Crippen LogP contribution is -2.31. The van der Waals surface area contributed by atoms with Crippen LogP contribution in [0.5, 0.6) is 0 Å². The maximum absolute atomic E-state index is 12.6. The number of H-pyrrole nitrogens is 1. The second kappa shape index (κ2) is 3.63. The number of aromatic amines is 1. The van der Waals surface area contributed by atoms with E-state index < -0.39 is 23.0 Å². The zero-order chi connectivity index (χ0) is 13.7. The third kappa shape index (κ3) is 2.02. The van der Waals surface area contributed by atoms with Gasteiger partial charge in [-0.05, 0) is 39.0 Å². The molecule has 1 aromatic heterocycles. The summed E-state index contributed by atoms with van der Waals surface area (Å²) in [6.07, 6.45) is -4.41. The average molecular weight is 258 g/mol. The molecule has 6 heteroatoms. The topological polar surface area (TPSA) is 37.8 Å². The Morgan fingerprint density at radius 3 is 2.28 bits per heavy atom. The number of hydrogen-bond acceptors (Lipinski definition) is 1. The van der Waals surface area contributed by atoms with Gasteiger partial charge < -0.3 is 4.98 Å². The van der Waals surface area contributed by atoms with Crippen LogP contribution in [0.25, 0.3) is 11.0 Å².